The van der Waals surface area contributed by atoms with E-state index in [1.165, 1.54) is 0 Å². The molecule has 0 amide bonds. The highest BCUT2D eigenvalue weighted by Gasteiger charge is 2.17. The van der Waals surface area contributed by atoms with Crippen LogP contribution in [0.5, 0.6) is 5.75 Å². The predicted molar refractivity (Wildman–Crippen MR) is 102 cm³/mol. The number of rotatable bonds is 5. The Morgan fingerprint density at radius 2 is 1.96 bits per heavy atom. The standard InChI is InChI=1S/C19H23N5O2/c1-13-11-16-17(20-12-14-3-5-15(25-2)6-4-14)22-19(23-18(16)21-13)24-7-9-26-10-8-24/h3-6,11H,7-10,12H2,1-2H3,(H2,20,21,22,23). The van der Waals surface area contributed by atoms with Gasteiger partial charge in [0.15, 0.2) is 0 Å². The second-order valence-corrected chi connectivity index (χ2v) is 6.39. The van der Waals surface area contributed by atoms with Crippen molar-refractivity contribution < 1.29 is 9.47 Å². The lowest BCUT2D eigenvalue weighted by atomic mass is 10.2. The molecule has 2 N–H and O–H groups in total. The molecule has 1 saturated heterocycles. The van der Waals surface area contributed by atoms with Gasteiger partial charge >= 0.3 is 0 Å². The van der Waals surface area contributed by atoms with Crippen molar-refractivity contribution in [2.24, 2.45) is 0 Å². The van der Waals surface area contributed by atoms with Crippen molar-refractivity contribution in [2.75, 3.05) is 43.6 Å². The van der Waals surface area contributed by atoms with Crippen LogP contribution in [0.25, 0.3) is 11.0 Å². The molecule has 0 radical (unpaired) electrons. The first-order valence-electron chi connectivity index (χ1n) is 8.80. The molecule has 0 spiro atoms. The van der Waals surface area contributed by atoms with E-state index in [2.05, 4.69) is 33.4 Å². The third kappa shape index (κ3) is 3.43. The molecular weight excluding hydrogens is 330 g/mol. The van der Waals surface area contributed by atoms with Crippen LogP contribution >= 0.6 is 0 Å². The molecule has 3 heterocycles. The molecule has 7 heteroatoms. The van der Waals surface area contributed by atoms with Crippen molar-refractivity contribution in [3.8, 4) is 5.75 Å². The number of anilines is 2. The molecule has 0 unspecified atom stereocenters. The smallest absolute Gasteiger partial charge is 0.229 e. The fraction of sp³-hybridized carbons (Fsp3) is 0.368. The fourth-order valence-electron chi connectivity index (χ4n) is 3.10. The second kappa shape index (κ2) is 7.21. The van der Waals surface area contributed by atoms with Gasteiger partial charge in [0.2, 0.25) is 5.95 Å². The number of benzene rings is 1. The summed E-state index contributed by atoms with van der Waals surface area (Å²) >= 11 is 0. The van der Waals surface area contributed by atoms with E-state index in [0.29, 0.717) is 19.8 Å². The van der Waals surface area contributed by atoms with E-state index in [4.69, 9.17) is 19.4 Å². The van der Waals surface area contributed by atoms with Gasteiger partial charge in [-0.05, 0) is 30.7 Å². The van der Waals surface area contributed by atoms with Gasteiger partial charge in [0.25, 0.3) is 0 Å². The van der Waals surface area contributed by atoms with Gasteiger partial charge in [-0.2, -0.15) is 9.97 Å². The van der Waals surface area contributed by atoms with Crippen molar-refractivity contribution in [1.29, 1.82) is 0 Å². The lowest BCUT2D eigenvalue weighted by molar-refractivity contribution is 0.122. The highest BCUT2D eigenvalue weighted by atomic mass is 16.5. The molecular formula is C19H23N5O2. The first-order chi connectivity index (χ1) is 12.7. The summed E-state index contributed by atoms with van der Waals surface area (Å²) in [5.74, 6) is 2.44. The molecule has 0 aliphatic carbocycles. The Hall–Kier alpha value is -2.80. The maximum atomic E-state index is 5.44. The number of aromatic amines is 1. The SMILES string of the molecule is COc1ccc(CNc2nc(N3CCOCC3)nc3[nH]c(C)cc23)cc1. The van der Waals surface area contributed by atoms with Gasteiger partial charge in [-0.3, -0.25) is 0 Å². The zero-order valence-corrected chi connectivity index (χ0v) is 15.1. The lowest BCUT2D eigenvalue weighted by Crippen LogP contribution is -2.37. The number of fused-ring (bicyclic) bond motifs is 1. The zero-order chi connectivity index (χ0) is 17.9. The summed E-state index contributed by atoms with van der Waals surface area (Å²) in [5, 5.41) is 4.47. The Bertz CT molecular complexity index is 885. The number of methoxy groups -OCH3 is 1. The second-order valence-electron chi connectivity index (χ2n) is 6.39. The average Bonchev–Trinajstić information content (AvgIpc) is 3.07. The van der Waals surface area contributed by atoms with Crippen LogP contribution in [0, 0.1) is 6.92 Å². The van der Waals surface area contributed by atoms with Crippen molar-refractivity contribution in [2.45, 2.75) is 13.5 Å². The van der Waals surface area contributed by atoms with Gasteiger partial charge in [-0.1, -0.05) is 12.1 Å². The normalized spacial score (nSPS) is 14.6. The topological polar surface area (TPSA) is 75.3 Å². The zero-order valence-electron chi connectivity index (χ0n) is 15.1. The Kier molecular flexibility index (Phi) is 4.62. The highest BCUT2D eigenvalue weighted by molar-refractivity contribution is 5.89. The van der Waals surface area contributed by atoms with E-state index in [9.17, 15) is 0 Å². The molecule has 0 bridgehead atoms. The van der Waals surface area contributed by atoms with E-state index in [1.54, 1.807) is 7.11 Å². The minimum atomic E-state index is 0.683. The first-order valence-corrected chi connectivity index (χ1v) is 8.80. The number of H-pyrrole nitrogens is 1. The van der Waals surface area contributed by atoms with Crippen LogP contribution in [-0.4, -0.2) is 48.4 Å². The maximum absolute atomic E-state index is 5.44. The molecule has 26 heavy (non-hydrogen) atoms. The molecule has 1 aliphatic heterocycles. The fourth-order valence-corrected chi connectivity index (χ4v) is 3.10. The number of nitrogens with one attached hydrogen (secondary N) is 2. The molecule has 1 fully saturated rings. The number of nitrogens with zero attached hydrogens (tertiary/aromatic N) is 3. The number of ether oxygens (including phenoxy) is 2. The molecule has 4 rings (SSSR count). The third-order valence-electron chi connectivity index (χ3n) is 4.52. The maximum Gasteiger partial charge on any atom is 0.229 e. The van der Waals surface area contributed by atoms with Crippen molar-refractivity contribution in [1.82, 2.24) is 15.0 Å². The van der Waals surface area contributed by atoms with E-state index < -0.39 is 0 Å². The summed E-state index contributed by atoms with van der Waals surface area (Å²) in [6.07, 6.45) is 0. The molecule has 7 nitrogen and oxygen atoms in total. The van der Waals surface area contributed by atoms with E-state index in [-0.39, 0.29) is 0 Å². The monoisotopic (exact) mass is 353 g/mol. The molecule has 1 aromatic carbocycles. The number of hydrogen-bond acceptors (Lipinski definition) is 6. The van der Waals surface area contributed by atoms with E-state index in [0.717, 1.165) is 52.9 Å². The molecule has 1 aliphatic rings. The van der Waals surface area contributed by atoms with E-state index in [1.807, 2.05) is 19.1 Å². The Labute approximate surface area is 152 Å². The Morgan fingerprint density at radius 1 is 1.19 bits per heavy atom. The summed E-state index contributed by atoms with van der Waals surface area (Å²) in [6, 6.07) is 10.1. The summed E-state index contributed by atoms with van der Waals surface area (Å²) in [5.41, 5.74) is 3.09. The molecule has 0 saturated carbocycles. The average molecular weight is 353 g/mol. The predicted octanol–water partition coefficient (Wildman–Crippen LogP) is 2.72. The number of aromatic nitrogens is 3. The van der Waals surface area contributed by atoms with Crippen molar-refractivity contribution in [3.05, 3.63) is 41.6 Å². The van der Waals surface area contributed by atoms with Crippen LogP contribution in [0.4, 0.5) is 11.8 Å². The third-order valence-corrected chi connectivity index (χ3v) is 4.52. The van der Waals surface area contributed by atoms with Gasteiger partial charge < -0.3 is 24.7 Å². The molecule has 136 valence electrons. The number of hydrogen-bond donors (Lipinski definition) is 2. The van der Waals surface area contributed by atoms with Gasteiger partial charge in [-0.25, -0.2) is 0 Å². The lowest BCUT2D eigenvalue weighted by Gasteiger charge is -2.27. The largest absolute Gasteiger partial charge is 0.497 e. The van der Waals surface area contributed by atoms with Crippen molar-refractivity contribution >= 4 is 22.8 Å². The first kappa shape index (κ1) is 16.7. The summed E-state index contributed by atoms with van der Waals surface area (Å²) in [4.78, 5) is 15.0. The summed E-state index contributed by atoms with van der Waals surface area (Å²) in [6.45, 7) is 5.75. The van der Waals surface area contributed by atoms with Crippen LogP contribution in [-0.2, 0) is 11.3 Å². The van der Waals surface area contributed by atoms with Crippen LogP contribution in [0.15, 0.2) is 30.3 Å². The minimum absolute atomic E-state index is 0.683. The van der Waals surface area contributed by atoms with Crippen LogP contribution in [0.3, 0.4) is 0 Å². The van der Waals surface area contributed by atoms with Crippen molar-refractivity contribution in [3.63, 3.8) is 0 Å². The van der Waals surface area contributed by atoms with Crippen LogP contribution in [0.2, 0.25) is 0 Å². The summed E-state index contributed by atoms with van der Waals surface area (Å²) < 4.78 is 10.7. The van der Waals surface area contributed by atoms with Crippen LogP contribution < -0.4 is 15.0 Å². The van der Waals surface area contributed by atoms with Crippen LogP contribution in [0.1, 0.15) is 11.3 Å². The Balaban J connectivity index is 1.61. The van der Waals surface area contributed by atoms with Gasteiger partial charge in [0.05, 0.1) is 25.7 Å². The van der Waals surface area contributed by atoms with Gasteiger partial charge in [0.1, 0.15) is 17.2 Å². The molecule has 0 atom stereocenters. The van der Waals surface area contributed by atoms with Gasteiger partial charge in [-0.15, -0.1) is 0 Å². The highest BCUT2D eigenvalue weighted by Crippen LogP contribution is 2.25. The number of morpholine rings is 1. The Morgan fingerprint density at radius 3 is 2.69 bits per heavy atom. The minimum Gasteiger partial charge on any atom is -0.497 e. The number of aryl methyl sites for hydroxylation is 1. The quantitative estimate of drug-likeness (QED) is 0.735. The van der Waals surface area contributed by atoms with E-state index >= 15 is 0 Å². The summed E-state index contributed by atoms with van der Waals surface area (Å²) in [7, 11) is 1.67. The molecule has 3 aromatic rings. The molecule has 2 aromatic heterocycles. The van der Waals surface area contributed by atoms with Gasteiger partial charge in [0, 0.05) is 25.3 Å².